The molecule has 6 nitrogen and oxygen atoms in total. The number of rotatable bonds is 5. The first-order valence-electron chi connectivity index (χ1n) is 7.82. The molecule has 1 atom stereocenters. The third-order valence-electron chi connectivity index (χ3n) is 4.17. The van der Waals surface area contributed by atoms with Gasteiger partial charge in [0.05, 0.1) is 17.7 Å². The molecule has 1 aliphatic rings. The Morgan fingerprint density at radius 3 is 2.67 bits per heavy atom. The first-order valence-corrected chi connectivity index (χ1v) is 9.71. The second kappa shape index (κ2) is 6.68. The SMILES string of the molecule is CS(=O)(=O)c1ccc(N2CCC[C@@H]2C(=O)NCc2ccco2)cc1. The Kier molecular flexibility index (Phi) is 4.62. The maximum Gasteiger partial charge on any atom is 0.243 e. The molecule has 2 aromatic rings. The Bertz CT molecular complexity index is 798. The van der Waals surface area contributed by atoms with Crippen LogP contribution in [0.15, 0.2) is 52.0 Å². The molecule has 1 saturated heterocycles. The number of hydrogen-bond acceptors (Lipinski definition) is 5. The van der Waals surface area contributed by atoms with Gasteiger partial charge in [0, 0.05) is 18.5 Å². The summed E-state index contributed by atoms with van der Waals surface area (Å²) in [7, 11) is -3.21. The van der Waals surface area contributed by atoms with Crippen LogP contribution in [0.3, 0.4) is 0 Å². The van der Waals surface area contributed by atoms with E-state index in [1.54, 1.807) is 36.6 Å². The first-order chi connectivity index (χ1) is 11.4. The van der Waals surface area contributed by atoms with Gasteiger partial charge in [0.1, 0.15) is 11.8 Å². The zero-order valence-electron chi connectivity index (χ0n) is 13.4. The molecule has 0 bridgehead atoms. The van der Waals surface area contributed by atoms with E-state index < -0.39 is 9.84 Å². The summed E-state index contributed by atoms with van der Waals surface area (Å²) in [4.78, 5) is 14.8. The molecular weight excluding hydrogens is 328 g/mol. The molecule has 1 aromatic carbocycles. The highest BCUT2D eigenvalue weighted by Gasteiger charge is 2.30. The predicted octanol–water partition coefficient (Wildman–Crippen LogP) is 1.97. The van der Waals surface area contributed by atoms with E-state index in [0.717, 1.165) is 25.1 Å². The summed E-state index contributed by atoms with van der Waals surface area (Å²) in [5, 5.41) is 2.89. The van der Waals surface area contributed by atoms with Gasteiger partial charge in [-0.05, 0) is 49.2 Å². The van der Waals surface area contributed by atoms with E-state index in [2.05, 4.69) is 5.32 Å². The van der Waals surface area contributed by atoms with Crippen LogP contribution >= 0.6 is 0 Å². The number of carbonyl (C=O) groups is 1. The number of furan rings is 1. The van der Waals surface area contributed by atoms with Crippen molar-refractivity contribution in [2.45, 2.75) is 30.3 Å². The highest BCUT2D eigenvalue weighted by atomic mass is 32.2. The lowest BCUT2D eigenvalue weighted by Gasteiger charge is -2.26. The fraction of sp³-hybridized carbons (Fsp3) is 0.353. The van der Waals surface area contributed by atoms with E-state index >= 15 is 0 Å². The summed E-state index contributed by atoms with van der Waals surface area (Å²) < 4.78 is 28.3. The highest BCUT2D eigenvalue weighted by Crippen LogP contribution is 2.26. The van der Waals surface area contributed by atoms with Crippen LogP contribution in [0.25, 0.3) is 0 Å². The number of sulfone groups is 1. The molecule has 0 radical (unpaired) electrons. The molecule has 1 N–H and O–H groups in total. The smallest absolute Gasteiger partial charge is 0.243 e. The molecular formula is C17H20N2O4S. The summed E-state index contributed by atoms with van der Waals surface area (Å²) in [5.41, 5.74) is 0.859. The molecule has 7 heteroatoms. The van der Waals surface area contributed by atoms with Gasteiger partial charge >= 0.3 is 0 Å². The van der Waals surface area contributed by atoms with Crippen LogP contribution in [-0.2, 0) is 21.2 Å². The highest BCUT2D eigenvalue weighted by molar-refractivity contribution is 7.90. The van der Waals surface area contributed by atoms with Crippen LogP contribution in [0.1, 0.15) is 18.6 Å². The van der Waals surface area contributed by atoms with Crippen molar-refractivity contribution >= 4 is 21.4 Å². The minimum Gasteiger partial charge on any atom is -0.467 e. The molecule has 128 valence electrons. The van der Waals surface area contributed by atoms with Gasteiger partial charge in [-0.3, -0.25) is 4.79 Å². The van der Waals surface area contributed by atoms with Gasteiger partial charge in [-0.2, -0.15) is 0 Å². The first kappa shape index (κ1) is 16.6. The van der Waals surface area contributed by atoms with Crippen LogP contribution in [0, 0.1) is 0 Å². The lowest BCUT2D eigenvalue weighted by Crippen LogP contribution is -2.43. The quantitative estimate of drug-likeness (QED) is 0.894. The fourth-order valence-electron chi connectivity index (χ4n) is 2.94. The second-order valence-electron chi connectivity index (χ2n) is 5.91. The average Bonchev–Trinajstić information content (AvgIpc) is 3.23. The molecule has 0 aliphatic carbocycles. The summed E-state index contributed by atoms with van der Waals surface area (Å²) >= 11 is 0. The standard InChI is InChI=1S/C17H20N2O4S/c1-24(21,22)15-8-6-13(7-9-15)19-10-2-5-16(19)17(20)18-12-14-4-3-11-23-14/h3-4,6-9,11,16H,2,5,10,12H2,1H3,(H,18,20)/t16-/m1/s1. The van der Waals surface area contributed by atoms with Crippen molar-refractivity contribution in [1.82, 2.24) is 5.32 Å². The topological polar surface area (TPSA) is 79.6 Å². The Labute approximate surface area is 141 Å². The molecule has 3 rings (SSSR count). The molecule has 0 spiro atoms. The van der Waals surface area contributed by atoms with Crippen LogP contribution in [-0.4, -0.2) is 33.2 Å². The van der Waals surface area contributed by atoms with E-state index in [1.807, 2.05) is 11.0 Å². The average molecular weight is 348 g/mol. The molecule has 24 heavy (non-hydrogen) atoms. The van der Waals surface area contributed by atoms with Gasteiger partial charge in [0.25, 0.3) is 0 Å². The molecule has 1 amide bonds. The van der Waals surface area contributed by atoms with Crippen molar-refractivity contribution < 1.29 is 17.6 Å². The van der Waals surface area contributed by atoms with Crippen LogP contribution in [0.5, 0.6) is 0 Å². The summed E-state index contributed by atoms with van der Waals surface area (Å²) in [6.45, 7) is 1.14. The fourth-order valence-corrected chi connectivity index (χ4v) is 3.57. The monoisotopic (exact) mass is 348 g/mol. The van der Waals surface area contributed by atoms with Crippen molar-refractivity contribution in [3.63, 3.8) is 0 Å². The summed E-state index contributed by atoms with van der Waals surface area (Å²) in [6, 6.07) is 10.0. The minimum absolute atomic E-state index is 0.0453. The second-order valence-corrected chi connectivity index (χ2v) is 7.93. The maximum atomic E-state index is 12.5. The number of nitrogens with one attached hydrogen (secondary N) is 1. The van der Waals surface area contributed by atoms with E-state index in [0.29, 0.717) is 12.3 Å². The van der Waals surface area contributed by atoms with Crippen molar-refractivity contribution in [2.24, 2.45) is 0 Å². The van der Waals surface area contributed by atoms with Crippen molar-refractivity contribution in [3.8, 4) is 0 Å². The van der Waals surface area contributed by atoms with Gasteiger partial charge in [0.2, 0.25) is 5.91 Å². The number of carbonyl (C=O) groups excluding carboxylic acids is 1. The number of nitrogens with zero attached hydrogens (tertiary/aromatic N) is 1. The zero-order chi connectivity index (χ0) is 17.2. The molecule has 2 heterocycles. The van der Waals surface area contributed by atoms with Crippen LogP contribution in [0.4, 0.5) is 5.69 Å². The molecule has 1 fully saturated rings. The van der Waals surface area contributed by atoms with Crippen LogP contribution in [0.2, 0.25) is 0 Å². The van der Waals surface area contributed by atoms with Gasteiger partial charge in [0.15, 0.2) is 9.84 Å². The van der Waals surface area contributed by atoms with Crippen molar-refractivity contribution in [1.29, 1.82) is 0 Å². The summed E-state index contributed by atoms with van der Waals surface area (Å²) in [5.74, 6) is 0.668. The Balaban J connectivity index is 1.69. The largest absolute Gasteiger partial charge is 0.467 e. The normalized spacial score (nSPS) is 17.9. The number of anilines is 1. The third kappa shape index (κ3) is 3.62. The van der Waals surface area contributed by atoms with Crippen molar-refractivity contribution in [2.75, 3.05) is 17.7 Å². The van der Waals surface area contributed by atoms with Crippen LogP contribution < -0.4 is 10.2 Å². The third-order valence-corrected chi connectivity index (χ3v) is 5.30. The lowest BCUT2D eigenvalue weighted by molar-refractivity contribution is -0.122. The maximum absolute atomic E-state index is 12.5. The summed E-state index contributed by atoms with van der Waals surface area (Å²) in [6.07, 6.45) is 4.46. The van der Waals surface area contributed by atoms with Gasteiger partial charge in [-0.25, -0.2) is 8.42 Å². The van der Waals surface area contributed by atoms with Crippen molar-refractivity contribution in [3.05, 3.63) is 48.4 Å². The molecule has 1 aliphatic heterocycles. The predicted molar refractivity (Wildman–Crippen MR) is 90.5 cm³/mol. The van der Waals surface area contributed by atoms with E-state index in [9.17, 15) is 13.2 Å². The Morgan fingerprint density at radius 2 is 2.04 bits per heavy atom. The van der Waals surface area contributed by atoms with E-state index in [1.165, 1.54) is 6.26 Å². The van der Waals surface area contributed by atoms with Gasteiger partial charge < -0.3 is 14.6 Å². The minimum atomic E-state index is -3.21. The van der Waals surface area contributed by atoms with Gasteiger partial charge in [-0.15, -0.1) is 0 Å². The Morgan fingerprint density at radius 1 is 1.29 bits per heavy atom. The molecule has 1 aromatic heterocycles. The zero-order valence-corrected chi connectivity index (χ0v) is 14.3. The molecule has 0 unspecified atom stereocenters. The lowest BCUT2D eigenvalue weighted by atomic mass is 10.2. The number of benzene rings is 1. The number of amides is 1. The number of hydrogen-bond donors (Lipinski definition) is 1. The molecule has 0 saturated carbocycles. The van der Waals surface area contributed by atoms with E-state index in [-0.39, 0.29) is 16.8 Å². The van der Waals surface area contributed by atoms with E-state index in [4.69, 9.17) is 4.42 Å². The van der Waals surface area contributed by atoms with Gasteiger partial charge in [-0.1, -0.05) is 0 Å². The Hall–Kier alpha value is -2.28.